The van der Waals surface area contributed by atoms with Gasteiger partial charge >= 0.3 is 0 Å². The number of hydrogen-bond donors (Lipinski definition) is 1. The summed E-state index contributed by atoms with van der Waals surface area (Å²) in [4.78, 5) is 6.31. The lowest BCUT2D eigenvalue weighted by Crippen LogP contribution is -2.09. The normalized spacial score (nSPS) is 18.7. The van der Waals surface area contributed by atoms with Gasteiger partial charge in [0.15, 0.2) is 0 Å². The van der Waals surface area contributed by atoms with Crippen LogP contribution >= 0.6 is 11.3 Å². The van der Waals surface area contributed by atoms with E-state index in [0.29, 0.717) is 6.54 Å². The number of rotatable bonds is 2. The summed E-state index contributed by atoms with van der Waals surface area (Å²) in [6.07, 6.45) is 3.60. The van der Waals surface area contributed by atoms with Crippen LogP contribution in [-0.4, -0.2) is 4.98 Å². The summed E-state index contributed by atoms with van der Waals surface area (Å²) in [6, 6.07) is 8.34. The van der Waals surface area contributed by atoms with Crippen molar-refractivity contribution in [2.45, 2.75) is 32.7 Å². The molecule has 0 saturated heterocycles. The molecule has 0 radical (unpaired) electrons. The van der Waals surface area contributed by atoms with E-state index >= 15 is 0 Å². The summed E-state index contributed by atoms with van der Waals surface area (Å²) in [7, 11) is 0. The van der Waals surface area contributed by atoms with E-state index in [1.807, 2.05) is 17.4 Å². The highest BCUT2D eigenvalue weighted by Crippen LogP contribution is 2.35. The molecule has 2 aromatic rings. The second-order valence-electron chi connectivity index (χ2n) is 5.10. The third-order valence-electron chi connectivity index (χ3n) is 3.65. The minimum absolute atomic E-state index is 0.580. The first kappa shape index (κ1) is 11.9. The Morgan fingerprint density at radius 2 is 2.22 bits per heavy atom. The van der Waals surface area contributed by atoms with Crippen LogP contribution in [0.3, 0.4) is 0 Å². The highest BCUT2D eigenvalue weighted by atomic mass is 32.1. The summed E-state index contributed by atoms with van der Waals surface area (Å²) in [5.41, 5.74) is 9.53. The van der Waals surface area contributed by atoms with E-state index in [2.05, 4.69) is 25.1 Å². The molecule has 3 rings (SSSR count). The Hall–Kier alpha value is -1.19. The molecule has 1 aliphatic carbocycles. The molecule has 1 heterocycles. The van der Waals surface area contributed by atoms with Gasteiger partial charge in [-0.3, -0.25) is 0 Å². The minimum atomic E-state index is 0.580. The number of aromatic nitrogens is 1. The van der Waals surface area contributed by atoms with Gasteiger partial charge in [0.1, 0.15) is 5.01 Å². The number of thiazole rings is 1. The second-order valence-corrected chi connectivity index (χ2v) is 6.18. The number of fused-ring (bicyclic) bond motifs is 1. The number of hydrogen-bond acceptors (Lipinski definition) is 3. The molecule has 1 aromatic carbocycles. The fourth-order valence-electron chi connectivity index (χ4n) is 2.56. The fraction of sp³-hybridized carbons (Fsp3) is 0.400. The summed E-state index contributed by atoms with van der Waals surface area (Å²) in [5.74, 6) is 0.801. The van der Waals surface area contributed by atoms with Crippen molar-refractivity contribution in [2.75, 3.05) is 0 Å². The first-order valence-corrected chi connectivity index (χ1v) is 7.36. The first-order valence-electron chi connectivity index (χ1n) is 6.55. The first-order chi connectivity index (χ1) is 8.78. The molecule has 0 bridgehead atoms. The van der Waals surface area contributed by atoms with Crippen LogP contribution in [0.2, 0.25) is 0 Å². The molecule has 1 unspecified atom stereocenters. The van der Waals surface area contributed by atoms with Gasteiger partial charge in [-0.1, -0.05) is 31.2 Å². The maximum absolute atomic E-state index is 5.81. The zero-order valence-corrected chi connectivity index (χ0v) is 11.5. The zero-order valence-electron chi connectivity index (χ0n) is 10.6. The summed E-state index contributed by atoms with van der Waals surface area (Å²) in [5, 5.41) is 1.15. The Labute approximate surface area is 112 Å². The summed E-state index contributed by atoms with van der Waals surface area (Å²) >= 11 is 1.86. The Balaban J connectivity index is 2.02. The smallest absolute Gasteiger partial charge is 0.124 e. The van der Waals surface area contributed by atoms with Crippen molar-refractivity contribution in [1.82, 2.24) is 4.98 Å². The number of nitrogens with zero attached hydrogens (tertiary/aromatic N) is 1. The van der Waals surface area contributed by atoms with Crippen LogP contribution < -0.4 is 5.73 Å². The van der Waals surface area contributed by atoms with Crippen molar-refractivity contribution in [3.05, 3.63) is 40.4 Å². The molecule has 1 atom stereocenters. The van der Waals surface area contributed by atoms with Crippen LogP contribution in [0.15, 0.2) is 24.3 Å². The lowest BCUT2D eigenvalue weighted by molar-refractivity contribution is 0.502. The van der Waals surface area contributed by atoms with E-state index in [4.69, 9.17) is 10.7 Å². The molecule has 94 valence electrons. The number of nitrogens with two attached hydrogens (primary N) is 1. The van der Waals surface area contributed by atoms with E-state index in [9.17, 15) is 0 Å². The Morgan fingerprint density at radius 3 is 3.06 bits per heavy atom. The van der Waals surface area contributed by atoms with Gasteiger partial charge in [-0.25, -0.2) is 4.98 Å². The van der Waals surface area contributed by atoms with Crippen molar-refractivity contribution < 1.29 is 0 Å². The number of benzene rings is 1. The molecule has 1 aromatic heterocycles. The predicted molar refractivity (Wildman–Crippen MR) is 76.6 cm³/mol. The lowest BCUT2D eigenvalue weighted by atomic mass is 9.93. The molecule has 2 nitrogen and oxygen atoms in total. The third kappa shape index (κ3) is 2.08. The third-order valence-corrected chi connectivity index (χ3v) is 4.81. The summed E-state index contributed by atoms with van der Waals surface area (Å²) in [6.45, 7) is 2.91. The lowest BCUT2D eigenvalue weighted by Gasteiger charge is -2.15. The predicted octanol–water partition coefficient (Wildman–Crippen LogP) is 3.39. The largest absolute Gasteiger partial charge is 0.326 e. The van der Waals surface area contributed by atoms with Crippen molar-refractivity contribution >= 4 is 11.3 Å². The van der Waals surface area contributed by atoms with Gasteiger partial charge in [-0.05, 0) is 30.7 Å². The number of aryl methyl sites for hydroxylation is 1. The summed E-state index contributed by atoms with van der Waals surface area (Å²) < 4.78 is 0. The van der Waals surface area contributed by atoms with Crippen LogP contribution in [0.25, 0.3) is 10.6 Å². The van der Waals surface area contributed by atoms with Crippen LogP contribution in [0, 0.1) is 5.92 Å². The van der Waals surface area contributed by atoms with Crippen molar-refractivity contribution in [1.29, 1.82) is 0 Å². The molecule has 0 aliphatic heterocycles. The molecule has 0 amide bonds. The van der Waals surface area contributed by atoms with E-state index in [1.165, 1.54) is 34.5 Å². The average Bonchev–Trinajstić information content (AvgIpc) is 2.81. The Bertz CT molecular complexity index is 559. The highest BCUT2D eigenvalue weighted by Gasteiger charge is 2.20. The van der Waals surface area contributed by atoms with Crippen LogP contribution in [0.5, 0.6) is 0 Å². The van der Waals surface area contributed by atoms with Gasteiger partial charge in [0.05, 0.1) is 5.69 Å². The Kier molecular flexibility index (Phi) is 3.18. The molecule has 0 spiro atoms. The van der Waals surface area contributed by atoms with Crippen molar-refractivity contribution in [3.8, 4) is 10.6 Å². The van der Waals surface area contributed by atoms with Crippen molar-refractivity contribution in [3.63, 3.8) is 0 Å². The van der Waals surface area contributed by atoms with Gasteiger partial charge < -0.3 is 5.73 Å². The SMILES string of the molecule is CC1CCc2nc(-c3ccccc3CN)sc2C1. The molecule has 0 fully saturated rings. The monoisotopic (exact) mass is 258 g/mol. The maximum Gasteiger partial charge on any atom is 0.124 e. The van der Waals surface area contributed by atoms with E-state index in [0.717, 1.165) is 17.3 Å². The Morgan fingerprint density at radius 1 is 1.39 bits per heavy atom. The maximum atomic E-state index is 5.81. The molecule has 1 aliphatic rings. The minimum Gasteiger partial charge on any atom is -0.326 e. The van der Waals surface area contributed by atoms with Crippen LogP contribution in [0.1, 0.15) is 29.5 Å². The van der Waals surface area contributed by atoms with E-state index in [1.54, 1.807) is 0 Å². The van der Waals surface area contributed by atoms with E-state index in [-0.39, 0.29) is 0 Å². The van der Waals surface area contributed by atoms with E-state index < -0.39 is 0 Å². The van der Waals surface area contributed by atoms with Gasteiger partial charge in [-0.15, -0.1) is 11.3 Å². The fourth-order valence-corrected chi connectivity index (χ4v) is 3.89. The van der Waals surface area contributed by atoms with Gasteiger partial charge in [-0.2, -0.15) is 0 Å². The standard InChI is InChI=1S/C15H18N2S/c1-10-6-7-13-14(8-10)18-15(17-13)12-5-3-2-4-11(12)9-16/h2-5,10H,6-9,16H2,1H3. The molecule has 3 heteroatoms. The van der Waals surface area contributed by atoms with Gasteiger partial charge in [0, 0.05) is 17.0 Å². The zero-order chi connectivity index (χ0) is 12.5. The molecule has 0 saturated carbocycles. The molecular weight excluding hydrogens is 240 g/mol. The molecule has 2 N–H and O–H groups in total. The molecule has 18 heavy (non-hydrogen) atoms. The average molecular weight is 258 g/mol. The van der Waals surface area contributed by atoms with Crippen LogP contribution in [-0.2, 0) is 19.4 Å². The highest BCUT2D eigenvalue weighted by molar-refractivity contribution is 7.15. The van der Waals surface area contributed by atoms with Gasteiger partial charge in [0.25, 0.3) is 0 Å². The molecular formula is C15H18N2S. The second kappa shape index (κ2) is 4.82. The van der Waals surface area contributed by atoms with Gasteiger partial charge in [0.2, 0.25) is 0 Å². The van der Waals surface area contributed by atoms with Crippen LogP contribution in [0.4, 0.5) is 0 Å². The van der Waals surface area contributed by atoms with Crippen molar-refractivity contribution in [2.24, 2.45) is 11.7 Å². The topological polar surface area (TPSA) is 38.9 Å². The quantitative estimate of drug-likeness (QED) is 0.896.